The lowest BCUT2D eigenvalue weighted by Gasteiger charge is -2.32. The molecule has 1 aromatic rings. The van der Waals surface area contributed by atoms with Gasteiger partial charge in [0.1, 0.15) is 5.75 Å². The summed E-state index contributed by atoms with van der Waals surface area (Å²) >= 11 is 0. The molecule has 5 heteroatoms. The zero-order valence-corrected chi connectivity index (χ0v) is 14.2. The minimum Gasteiger partial charge on any atom is -0.496 e. The molecule has 0 atom stereocenters. The van der Waals surface area contributed by atoms with Crippen LogP contribution in [0.4, 0.5) is 0 Å². The molecule has 1 N–H and O–H groups in total. The number of benzene rings is 1. The molecule has 5 nitrogen and oxygen atoms in total. The molecule has 0 aromatic heterocycles. The van der Waals surface area contributed by atoms with E-state index in [1.54, 1.807) is 7.11 Å². The van der Waals surface area contributed by atoms with Gasteiger partial charge in [0.15, 0.2) is 0 Å². The van der Waals surface area contributed by atoms with Gasteiger partial charge in [-0.25, -0.2) is 0 Å². The van der Waals surface area contributed by atoms with Crippen molar-refractivity contribution in [2.75, 3.05) is 20.2 Å². The maximum Gasteiger partial charge on any atom is 0.225 e. The summed E-state index contributed by atoms with van der Waals surface area (Å²) in [6.45, 7) is 5.63. The van der Waals surface area contributed by atoms with E-state index in [1.807, 2.05) is 43.0 Å². The monoisotopic (exact) mass is 318 g/mol. The molecule has 0 saturated carbocycles. The number of carbonyl (C=O) groups excluding carboxylic acids is 2. The van der Waals surface area contributed by atoms with Gasteiger partial charge in [-0.2, -0.15) is 0 Å². The zero-order valence-electron chi connectivity index (χ0n) is 14.2. The van der Waals surface area contributed by atoms with Crippen LogP contribution >= 0.6 is 0 Å². The number of methoxy groups -OCH3 is 1. The van der Waals surface area contributed by atoms with Crippen LogP contribution in [0.5, 0.6) is 5.75 Å². The van der Waals surface area contributed by atoms with Crippen LogP contribution in [-0.4, -0.2) is 36.9 Å². The Morgan fingerprint density at radius 3 is 2.52 bits per heavy atom. The molecule has 1 saturated heterocycles. The molecular weight excluding hydrogens is 292 g/mol. The molecule has 1 aliphatic heterocycles. The smallest absolute Gasteiger partial charge is 0.225 e. The maximum absolute atomic E-state index is 12.3. The molecular formula is C18H26N2O3. The number of para-hydroxylation sites is 1. The maximum atomic E-state index is 12.3. The van der Waals surface area contributed by atoms with Crippen molar-refractivity contribution < 1.29 is 14.3 Å². The first-order chi connectivity index (χ1) is 11.0. The fourth-order valence-electron chi connectivity index (χ4n) is 2.90. The van der Waals surface area contributed by atoms with E-state index in [-0.39, 0.29) is 23.7 Å². The van der Waals surface area contributed by atoms with Crippen molar-refractivity contribution in [3.8, 4) is 5.75 Å². The number of nitrogens with one attached hydrogen (secondary N) is 1. The molecule has 0 bridgehead atoms. The summed E-state index contributed by atoms with van der Waals surface area (Å²) in [5, 5.41) is 2.99. The average Bonchev–Trinajstić information content (AvgIpc) is 2.59. The van der Waals surface area contributed by atoms with Crippen molar-refractivity contribution in [2.45, 2.75) is 33.2 Å². The highest BCUT2D eigenvalue weighted by molar-refractivity contribution is 5.80. The second-order valence-electron chi connectivity index (χ2n) is 6.28. The van der Waals surface area contributed by atoms with Gasteiger partial charge in [0.2, 0.25) is 11.8 Å². The number of amides is 2. The van der Waals surface area contributed by atoms with Gasteiger partial charge in [0.05, 0.1) is 7.11 Å². The molecule has 23 heavy (non-hydrogen) atoms. The predicted octanol–water partition coefficient (Wildman–Crippen LogP) is 2.21. The number of ether oxygens (including phenoxy) is 1. The quantitative estimate of drug-likeness (QED) is 0.905. The Morgan fingerprint density at radius 2 is 1.91 bits per heavy atom. The van der Waals surface area contributed by atoms with Crippen LogP contribution in [0.15, 0.2) is 24.3 Å². The summed E-state index contributed by atoms with van der Waals surface area (Å²) in [6, 6.07) is 7.67. The summed E-state index contributed by atoms with van der Waals surface area (Å²) in [7, 11) is 1.63. The van der Waals surface area contributed by atoms with Gasteiger partial charge in [0, 0.05) is 37.0 Å². The third kappa shape index (κ3) is 4.47. The van der Waals surface area contributed by atoms with Crippen molar-refractivity contribution in [2.24, 2.45) is 11.8 Å². The highest BCUT2D eigenvalue weighted by Crippen LogP contribution is 2.20. The fourth-order valence-corrected chi connectivity index (χ4v) is 2.90. The topological polar surface area (TPSA) is 58.6 Å². The first-order valence-corrected chi connectivity index (χ1v) is 8.21. The second-order valence-corrected chi connectivity index (χ2v) is 6.28. The van der Waals surface area contributed by atoms with Crippen molar-refractivity contribution in [3.05, 3.63) is 29.8 Å². The van der Waals surface area contributed by atoms with Crippen molar-refractivity contribution in [1.82, 2.24) is 10.2 Å². The van der Waals surface area contributed by atoms with Gasteiger partial charge >= 0.3 is 0 Å². The van der Waals surface area contributed by atoms with Gasteiger partial charge in [-0.1, -0.05) is 32.0 Å². The first-order valence-electron chi connectivity index (χ1n) is 8.21. The van der Waals surface area contributed by atoms with E-state index >= 15 is 0 Å². The second kappa shape index (κ2) is 7.99. The van der Waals surface area contributed by atoms with E-state index in [1.165, 1.54) is 0 Å². The molecule has 0 aliphatic carbocycles. The minimum atomic E-state index is -0.0130. The number of hydrogen-bond acceptors (Lipinski definition) is 3. The molecule has 2 rings (SSSR count). The van der Waals surface area contributed by atoms with E-state index in [0.29, 0.717) is 19.6 Å². The Balaban J connectivity index is 1.82. The van der Waals surface area contributed by atoms with Gasteiger partial charge in [0.25, 0.3) is 0 Å². The van der Waals surface area contributed by atoms with Crippen LogP contribution in [0.25, 0.3) is 0 Å². The lowest BCUT2D eigenvalue weighted by Crippen LogP contribution is -2.44. The molecule has 2 amide bonds. The van der Waals surface area contributed by atoms with Gasteiger partial charge in [-0.05, 0) is 18.9 Å². The number of piperidine rings is 1. The molecule has 0 radical (unpaired) electrons. The van der Waals surface area contributed by atoms with Crippen molar-refractivity contribution >= 4 is 11.8 Å². The summed E-state index contributed by atoms with van der Waals surface area (Å²) < 4.78 is 5.29. The Labute approximate surface area is 138 Å². The van der Waals surface area contributed by atoms with Gasteiger partial charge in [-0.15, -0.1) is 0 Å². The van der Waals surface area contributed by atoms with Crippen LogP contribution < -0.4 is 10.1 Å². The van der Waals surface area contributed by atoms with Crippen LogP contribution in [0, 0.1) is 11.8 Å². The molecule has 126 valence electrons. The van der Waals surface area contributed by atoms with Crippen molar-refractivity contribution in [1.29, 1.82) is 0 Å². The Morgan fingerprint density at radius 1 is 1.26 bits per heavy atom. The van der Waals surface area contributed by atoms with Crippen LogP contribution in [0.1, 0.15) is 32.3 Å². The lowest BCUT2D eigenvalue weighted by atomic mass is 9.95. The summed E-state index contributed by atoms with van der Waals surface area (Å²) in [4.78, 5) is 26.2. The van der Waals surface area contributed by atoms with Crippen LogP contribution in [0.2, 0.25) is 0 Å². The fraction of sp³-hybridized carbons (Fsp3) is 0.556. The number of carbonyl (C=O) groups is 2. The lowest BCUT2D eigenvalue weighted by molar-refractivity contribution is -0.138. The highest BCUT2D eigenvalue weighted by Gasteiger charge is 2.28. The highest BCUT2D eigenvalue weighted by atomic mass is 16.5. The molecule has 1 fully saturated rings. The van der Waals surface area contributed by atoms with Crippen LogP contribution in [0.3, 0.4) is 0 Å². The number of likely N-dealkylation sites (tertiary alicyclic amines) is 1. The summed E-state index contributed by atoms with van der Waals surface area (Å²) in [6.07, 6.45) is 1.46. The van der Waals surface area contributed by atoms with E-state index in [4.69, 9.17) is 4.74 Å². The molecule has 1 heterocycles. The molecule has 0 unspecified atom stereocenters. The summed E-state index contributed by atoms with van der Waals surface area (Å²) in [5.74, 6) is 1.03. The molecule has 1 aliphatic rings. The standard InChI is InChI=1S/C18H26N2O3/c1-13(2)18(22)20-10-8-14(9-11-20)17(21)19-12-15-6-4-5-7-16(15)23-3/h4-7,13-14H,8-12H2,1-3H3,(H,19,21). The van der Waals surface area contributed by atoms with E-state index in [9.17, 15) is 9.59 Å². The van der Waals surface area contributed by atoms with E-state index in [2.05, 4.69) is 5.32 Å². The number of nitrogens with zero attached hydrogens (tertiary/aromatic N) is 1. The number of hydrogen-bond donors (Lipinski definition) is 1. The average molecular weight is 318 g/mol. The summed E-state index contributed by atoms with van der Waals surface area (Å²) in [5.41, 5.74) is 0.968. The minimum absolute atomic E-state index is 0.0130. The molecule has 1 aromatic carbocycles. The Hall–Kier alpha value is -2.04. The first kappa shape index (κ1) is 17.3. The molecule has 0 spiro atoms. The van der Waals surface area contributed by atoms with E-state index in [0.717, 1.165) is 24.2 Å². The van der Waals surface area contributed by atoms with Crippen LogP contribution in [-0.2, 0) is 16.1 Å². The zero-order chi connectivity index (χ0) is 16.8. The predicted molar refractivity (Wildman–Crippen MR) is 89.0 cm³/mol. The number of rotatable bonds is 5. The Bertz CT molecular complexity index is 549. The third-order valence-electron chi connectivity index (χ3n) is 4.32. The SMILES string of the molecule is COc1ccccc1CNC(=O)C1CCN(C(=O)C(C)C)CC1. The Kier molecular flexibility index (Phi) is 6.02. The van der Waals surface area contributed by atoms with Gasteiger partial charge in [-0.3, -0.25) is 9.59 Å². The van der Waals surface area contributed by atoms with Crippen molar-refractivity contribution in [3.63, 3.8) is 0 Å². The van der Waals surface area contributed by atoms with E-state index < -0.39 is 0 Å². The van der Waals surface area contributed by atoms with Gasteiger partial charge < -0.3 is 15.0 Å². The third-order valence-corrected chi connectivity index (χ3v) is 4.32. The largest absolute Gasteiger partial charge is 0.496 e. The normalized spacial score (nSPS) is 15.6.